The van der Waals surface area contributed by atoms with Gasteiger partial charge in [0.2, 0.25) is 5.91 Å². The van der Waals surface area contributed by atoms with Gasteiger partial charge in [-0.05, 0) is 36.1 Å². The summed E-state index contributed by atoms with van der Waals surface area (Å²) in [6, 6.07) is 17.8. The first-order valence-electron chi connectivity index (χ1n) is 7.96. The van der Waals surface area contributed by atoms with Crippen molar-refractivity contribution in [2.45, 2.75) is 32.1 Å². The van der Waals surface area contributed by atoms with E-state index in [-0.39, 0.29) is 12.0 Å². The van der Waals surface area contributed by atoms with E-state index in [9.17, 15) is 4.79 Å². The van der Waals surface area contributed by atoms with Gasteiger partial charge in [-0.25, -0.2) is 0 Å². The monoisotopic (exact) mass is 311 g/mol. The van der Waals surface area contributed by atoms with Crippen molar-refractivity contribution in [3.63, 3.8) is 0 Å². The number of rotatable bonds is 6. The number of benzene rings is 2. The molecular weight excluding hydrogens is 290 g/mol. The number of para-hydroxylation sites is 1. The van der Waals surface area contributed by atoms with Crippen LogP contribution in [0.25, 0.3) is 0 Å². The molecule has 23 heavy (non-hydrogen) atoms. The maximum absolute atomic E-state index is 12.0. The maximum Gasteiger partial charge on any atom is 0.249 e. The van der Waals surface area contributed by atoms with Crippen LogP contribution in [0.2, 0.25) is 0 Å². The standard InChI is InChI=1S/C19H21NO3/c21-19(18-10-5-11-22-18)20-13-15-6-4-7-16(12-15)14-23-17-8-2-1-3-9-17/h1-4,6-9,12,18H,5,10-11,13-14H2,(H,20,21)/t18-/m0/s1. The molecule has 1 aliphatic rings. The zero-order valence-electron chi connectivity index (χ0n) is 13.0. The van der Waals surface area contributed by atoms with Crippen LogP contribution in [0, 0.1) is 0 Å². The van der Waals surface area contributed by atoms with Crippen LogP contribution in [0.1, 0.15) is 24.0 Å². The second kappa shape index (κ2) is 7.79. The maximum atomic E-state index is 12.0. The molecule has 3 rings (SSSR count). The molecule has 1 N–H and O–H groups in total. The molecule has 0 spiro atoms. The van der Waals surface area contributed by atoms with E-state index in [0.717, 1.165) is 29.7 Å². The Morgan fingerprint density at radius 2 is 1.96 bits per heavy atom. The van der Waals surface area contributed by atoms with Crippen LogP contribution in [0.3, 0.4) is 0 Å². The van der Waals surface area contributed by atoms with E-state index >= 15 is 0 Å². The molecule has 4 nitrogen and oxygen atoms in total. The molecule has 1 amide bonds. The van der Waals surface area contributed by atoms with Crippen LogP contribution in [0.4, 0.5) is 0 Å². The zero-order chi connectivity index (χ0) is 15.9. The first kappa shape index (κ1) is 15.6. The number of carbonyl (C=O) groups excluding carboxylic acids is 1. The Morgan fingerprint density at radius 3 is 2.74 bits per heavy atom. The third-order valence-electron chi connectivity index (χ3n) is 3.83. The summed E-state index contributed by atoms with van der Waals surface area (Å²) in [5, 5.41) is 2.94. The number of ether oxygens (including phenoxy) is 2. The molecular formula is C19H21NO3. The lowest BCUT2D eigenvalue weighted by molar-refractivity contribution is -0.130. The molecule has 120 valence electrons. The van der Waals surface area contributed by atoms with Crippen molar-refractivity contribution in [2.75, 3.05) is 6.61 Å². The number of hydrogen-bond acceptors (Lipinski definition) is 3. The minimum absolute atomic E-state index is 0.0200. The minimum atomic E-state index is -0.278. The highest BCUT2D eigenvalue weighted by atomic mass is 16.5. The normalized spacial score (nSPS) is 17.0. The van der Waals surface area contributed by atoms with Crippen molar-refractivity contribution in [3.8, 4) is 5.75 Å². The summed E-state index contributed by atoms with van der Waals surface area (Å²) < 4.78 is 11.1. The van der Waals surface area contributed by atoms with Crippen molar-refractivity contribution < 1.29 is 14.3 Å². The summed E-state index contributed by atoms with van der Waals surface area (Å²) in [4.78, 5) is 12.0. The van der Waals surface area contributed by atoms with Gasteiger partial charge in [-0.15, -0.1) is 0 Å². The van der Waals surface area contributed by atoms with E-state index in [4.69, 9.17) is 9.47 Å². The van der Waals surface area contributed by atoms with Gasteiger partial charge in [0.15, 0.2) is 0 Å². The summed E-state index contributed by atoms with van der Waals surface area (Å²) in [5.41, 5.74) is 2.14. The van der Waals surface area contributed by atoms with Crippen molar-refractivity contribution in [3.05, 3.63) is 65.7 Å². The van der Waals surface area contributed by atoms with Gasteiger partial charge in [-0.3, -0.25) is 4.79 Å². The lowest BCUT2D eigenvalue weighted by Crippen LogP contribution is -2.33. The molecule has 1 heterocycles. The van der Waals surface area contributed by atoms with Crippen molar-refractivity contribution >= 4 is 5.91 Å². The molecule has 2 aromatic carbocycles. The lowest BCUT2D eigenvalue weighted by Gasteiger charge is -2.11. The van der Waals surface area contributed by atoms with E-state index in [0.29, 0.717) is 19.8 Å². The van der Waals surface area contributed by atoms with Crippen LogP contribution in [-0.2, 0) is 22.7 Å². The molecule has 1 fully saturated rings. The fourth-order valence-electron chi connectivity index (χ4n) is 2.60. The lowest BCUT2D eigenvalue weighted by atomic mass is 10.1. The smallest absolute Gasteiger partial charge is 0.249 e. The first-order valence-corrected chi connectivity index (χ1v) is 7.96. The van der Waals surface area contributed by atoms with Crippen LogP contribution < -0.4 is 10.1 Å². The number of carbonyl (C=O) groups is 1. The third-order valence-corrected chi connectivity index (χ3v) is 3.83. The van der Waals surface area contributed by atoms with Gasteiger partial charge >= 0.3 is 0 Å². The van der Waals surface area contributed by atoms with E-state index in [1.165, 1.54) is 0 Å². The van der Waals surface area contributed by atoms with Crippen LogP contribution >= 0.6 is 0 Å². The Morgan fingerprint density at radius 1 is 1.13 bits per heavy atom. The fourth-order valence-corrected chi connectivity index (χ4v) is 2.60. The summed E-state index contributed by atoms with van der Waals surface area (Å²) >= 11 is 0. The van der Waals surface area contributed by atoms with Gasteiger partial charge in [-0.2, -0.15) is 0 Å². The second-order valence-electron chi connectivity index (χ2n) is 5.64. The van der Waals surface area contributed by atoms with Crippen LogP contribution in [0.15, 0.2) is 54.6 Å². The first-order chi connectivity index (χ1) is 11.3. The Balaban J connectivity index is 1.51. The molecule has 0 saturated carbocycles. The molecule has 1 aliphatic heterocycles. The van der Waals surface area contributed by atoms with Crippen LogP contribution in [0.5, 0.6) is 5.75 Å². The predicted molar refractivity (Wildman–Crippen MR) is 88.0 cm³/mol. The van der Waals surface area contributed by atoms with E-state index < -0.39 is 0 Å². The van der Waals surface area contributed by atoms with E-state index in [1.807, 2.05) is 48.5 Å². The van der Waals surface area contributed by atoms with Gasteiger partial charge in [0.25, 0.3) is 0 Å². The molecule has 2 aromatic rings. The predicted octanol–water partition coefficient (Wildman–Crippen LogP) is 3.06. The van der Waals surface area contributed by atoms with Gasteiger partial charge in [0.1, 0.15) is 18.5 Å². The third kappa shape index (κ3) is 4.57. The van der Waals surface area contributed by atoms with E-state index in [2.05, 4.69) is 11.4 Å². The average Bonchev–Trinajstić information content (AvgIpc) is 3.14. The van der Waals surface area contributed by atoms with E-state index in [1.54, 1.807) is 0 Å². The highest BCUT2D eigenvalue weighted by molar-refractivity contribution is 5.80. The van der Waals surface area contributed by atoms with Crippen LogP contribution in [-0.4, -0.2) is 18.6 Å². The molecule has 1 atom stereocenters. The van der Waals surface area contributed by atoms with Gasteiger partial charge in [0.05, 0.1) is 0 Å². The molecule has 0 aliphatic carbocycles. The molecule has 0 radical (unpaired) electrons. The van der Waals surface area contributed by atoms with Gasteiger partial charge in [0, 0.05) is 13.2 Å². The highest BCUT2D eigenvalue weighted by Crippen LogP contribution is 2.14. The Labute approximate surface area is 136 Å². The van der Waals surface area contributed by atoms with Crippen molar-refractivity contribution in [2.24, 2.45) is 0 Å². The molecule has 0 bridgehead atoms. The average molecular weight is 311 g/mol. The number of amides is 1. The van der Waals surface area contributed by atoms with Gasteiger partial charge < -0.3 is 14.8 Å². The summed E-state index contributed by atoms with van der Waals surface area (Å²) in [6.45, 7) is 1.71. The fraction of sp³-hybridized carbons (Fsp3) is 0.316. The number of nitrogens with one attached hydrogen (secondary N) is 1. The Bertz CT molecular complexity index is 636. The summed E-state index contributed by atoms with van der Waals surface area (Å²) in [6.07, 6.45) is 1.50. The van der Waals surface area contributed by atoms with Crippen molar-refractivity contribution in [1.29, 1.82) is 0 Å². The topological polar surface area (TPSA) is 47.6 Å². The largest absolute Gasteiger partial charge is 0.489 e. The SMILES string of the molecule is O=C(NCc1cccc(COc2ccccc2)c1)[C@@H]1CCCO1. The summed E-state index contributed by atoms with van der Waals surface area (Å²) in [5.74, 6) is 0.832. The highest BCUT2D eigenvalue weighted by Gasteiger charge is 2.22. The molecule has 0 unspecified atom stereocenters. The summed E-state index contributed by atoms with van der Waals surface area (Å²) in [7, 11) is 0. The molecule has 4 heteroatoms. The van der Waals surface area contributed by atoms with Crippen molar-refractivity contribution in [1.82, 2.24) is 5.32 Å². The molecule has 0 aromatic heterocycles. The Kier molecular flexibility index (Phi) is 5.27. The molecule has 1 saturated heterocycles. The van der Waals surface area contributed by atoms with Gasteiger partial charge in [-0.1, -0.05) is 42.5 Å². The number of hydrogen-bond donors (Lipinski definition) is 1. The second-order valence-corrected chi connectivity index (χ2v) is 5.64. The minimum Gasteiger partial charge on any atom is -0.489 e. The zero-order valence-corrected chi connectivity index (χ0v) is 13.0. The Hall–Kier alpha value is -2.33. The quantitative estimate of drug-likeness (QED) is 0.892.